The largest absolute Gasteiger partial charge is 0.342 e. The Hall–Kier alpha value is -1.39. The zero-order chi connectivity index (χ0) is 13.7. The summed E-state index contributed by atoms with van der Waals surface area (Å²) in [5.41, 5.74) is 7.17. The average molecular weight is 261 g/mol. The van der Waals surface area contributed by atoms with Gasteiger partial charge in [-0.05, 0) is 25.1 Å². The molecule has 19 heavy (non-hydrogen) atoms. The lowest BCUT2D eigenvalue weighted by Crippen LogP contribution is -2.31. The van der Waals surface area contributed by atoms with Crippen molar-refractivity contribution in [2.75, 3.05) is 33.2 Å². The molecule has 0 radical (unpaired) electrons. The number of benzene rings is 1. The summed E-state index contributed by atoms with van der Waals surface area (Å²) in [6.07, 6.45) is 0.565. The van der Waals surface area contributed by atoms with Gasteiger partial charge in [0.25, 0.3) is 0 Å². The molecule has 0 aliphatic carbocycles. The zero-order valence-electron chi connectivity index (χ0n) is 11.5. The zero-order valence-corrected chi connectivity index (χ0v) is 11.5. The predicted molar refractivity (Wildman–Crippen MR) is 76.9 cm³/mol. The molecule has 1 aromatic rings. The molecule has 0 spiro atoms. The van der Waals surface area contributed by atoms with Gasteiger partial charge in [-0.25, -0.2) is 0 Å². The number of rotatable bonds is 5. The van der Waals surface area contributed by atoms with Crippen molar-refractivity contribution in [3.8, 4) is 0 Å². The van der Waals surface area contributed by atoms with Gasteiger partial charge >= 0.3 is 0 Å². The van der Waals surface area contributed by atoms with Crippen molar-refractivity contribution in [3.63, 3.8) is 0 Å². The summed E-state index contributed by atoms with van der Waals surface area (Å²) in [6.45, 7) is 2.96. The molecule has 1 aromatic carbocycles. The van der Waals surface area contributed by atoms with Crippen LogP contribution >= 0.6 is 0 Å². The minimum absolute atomic E-state index is 0.228. The quantitative estimate of drug-likeness (QED) is 0.824. The Morgan fingerprint density at radius 1 is 1.37 bits per heavy atom. The van der Waals surface area contributed by atoms with Gasteiger partial charge in [-0.3, -0.25) is 4.79 Å². The summed E-state index contributed by atoms with van der Waals surface area (Å²) in [5, 5.41) is 3.02. The first kappa shape index (κ1) is 14.0. The van der Waals surface area contributed by atoms with Gasteiger partial charge in [-0.1, -0.05) is 30.3 Å². The molecule has 2 atom stereocenters. The first-order chi connectivity index (χ1) is 9.26. The van der Waals surface area contributed by atoms with E-state index in [1.807, 2.05) is 30.1 Å². The lowest BCUT2D eigenvalue weighted by molar-refractivity contribution is -0.130. The third kappa shape index (κ3) is 3.33. The number of nitrogens with one attached hydrogen (secondary N) is 1. The van der Waals surface area contributed by atoms with E-state index in [2.05, 4.69) is 17.4 Å². The average Bonchev–Trinajstić information content (AvgIpc) is 2.90. The van der Waals surface area contributed by atoms with E-state index in [4.69, 9.17) is 5.73 Å². The van der Waals surface area contributed by atoms with Gasteiger partial charge in [0.15, 0.2) is 0 Å². The van der Waals surface area contributed by atoms with E-state index in [1.165, 1.54) is 5.56 Å². The highest BCUT2D eigenvalue weighted by Crippen LogP contribution is 2.32. The van der Waals surface area contributed by atoms with Gasteiger partial charge < -0.3 is 16.0 Å². The molecule has 1 saturated heterocycles. The Labute approximate surface area is 115 Å². The molecule has 1 aliphatic rings. The second-order valence-corrected chi connectivity index (χ2v) is 5.17. The Morgan fingerprint density at radius 3 is 2.74 bits per heavy atom. The van der Waals surface area contributed by atoms with Crippen LogP contribution in [0.3, 0.4) is 0 Å². The van der Waals surface area contributed by atoms with Crippen LogP contribution < -0.4 is 11.1 Å². The van der Waals surface area contributed by atoms with E-state index >= 15 is 0 Å². The van der Waals surface area contributed by atoms with Crippen molar-refractivity contribution in [1.29, 1.82) is 0 Å². The van der Waals surface area contributed by atoms with E-state index in [0.717, 1.165) is 19.6 Å². The van der Waals surface area contributed by atoms with Crippen molar-refractivity contribution in [2.45, 2.75) is 12.3 Å². The summed E-state index contributed by atoms with van der Waals surface area (Å²) < 4.78 is 0. The Morgan fingerprint density at radius 2 is 2.11 bits per heavy atom. The van der Waals surface area contributed by atoms with Crippen molar-refractivity contribution < 1.29 is 4.79 Å². The highest BCUT2D eigenvalue weighted by molar-refractivity contribution is 5.76. The number of nitrogens with zero attached hydrogens (tertiary/aromatic N) is 1. The predicted octanol–water partition coefficient (Wildman–Crippen LogP) is 0.797. The monoisotopic (exact) mass is 261 g/mol. The third-order valence-electron chi connectivity index (χ3n) is 3.91. The Kier molecular flexibility index (Phi) is 4.93. The molecular weight excluding hydrogens is 238 g/mol. The second kappa shape index (κ2) is 6.68. The van der Waals surface area contributed by atoms with Crippen molar-refractivity contribution in [2.24, 2.45) is 11.7 Å². The number of nitrogens with two attached hydrogens (primary N) is 1. The van der Waals surface area contributed by atoms with Crippen LogP contribution in [0.5, 0.6) is 0 Å². The van der Waals surface area contributed by atoms with Crippen LogP contribution in [0.4, 0.5) is 0 Å². The minimum atomic E-state index is 0.228. The Balaban J connectivity index is 2.04. The fourth-order valence-corrected chi connectivity index (χ4v) is 2.78. The maximum Gasteiger partial charge on any atom is 0.223 e. The van der Waals surface area contributed by atoms with Crippen LogP contribution in [0.25, 0.3) is 0 Å². The number of hydrogen-bond donors (Lipinski definition) is 2. The van der Waals surface area contributed by atoms with Crippen molar-refractivity contribution >= 4 is 5.91 Å². The minimum Gasteiger partial charge on any atom is -0.342 e. The molecule has 0 aromatic heterocycles. The summed E-state index contributed by atoms with van der Waals surface area (Å²) in [5.74, 6) is 0.983. The van der Waals surface area contributed by atoms with Crippen molar-refractivity contribution in [1.82, 2.24) is 10.2 Å². The van der Waals surface area contributed by atoms with E-state index in [9.17, 15) is 4.79 Å². The molecular formula is C15H23N3O. The normalized spacial score (nSPS) is 22.7. The molecule has 1 fully saturated rings. The molecule has 0 bridgehead atoms. The smallest absolute Gasteiger partial charge is 0.223 e. The molecule has 1 aliphatic heterocycles. The van der Waals surface area contributed by atoms with Crippen LogP contribution in [0.15, 0.2) is 30.3 Å². The molecule has 1 amide bonds. The first-order valence-electron chi connectivity index (χ1n) is 6.93. The van der Waals surface area contributed by atoms with Crippen LogP contribution in [-0.4, -0.2) is 44.0 Å². The number of carbonyl (C=O) groups is 1. The standard InChI is InChI=1S/C15H23N3O/c1-17-8-7-15(19)18-10-13(9-16)14(11-18)12-5-3-2-4-6-12/h2-6,13-14,17H,7-11,16H2,1H3/t13-,14+/m1/s1. The number of carbonyl (C=O) groups excluding carboxylic acids is 1. The van der Waals surface area contributed by atoms with Gasteiger partial charge in [-0.2, -0.15) is 0 Å². The summed E-state index contributed by atoms with van der Waals surface area (Å²) >= 11 is 0. The number of amides is 1. The molecule has 0 saturated carbocycles. The van der Waals surface area contributed by atoms with Gasteiger partial charge in [-0.15, -0.1) is 0 Å². The molecule has 2 rings (SSSR count). The van der Waals surface area contributed by atoms with E-state index < -0.39 is 0 Å². The highest BCUT2D eigenvalue weighted by Gasteiger charge is 2.34. The maximum atomic E-state index is 12.1. The fourth-order valence-electron chi connectivity index (χ4n) is 2.78. The van der Waals surface area contributed by atoms with Crippen molar-refractivity contribution in [3.05, 3.63) is 35.9 Å². The van der Waals surface area contributed by atoms with E-state index in [-0.39, 0.29) is 5.91 Å². The molecule has 104 valence electrons. The molecule has 4 heteroatoms. The summed E-state index contributed by atoms with van der Waals surface area (Å²) in [4.78, 5) is 14.1. The molecule has 4 nitrogen and oxygen atoms in total. The van der Waals surface area contributed by atoms with Gasteiger partial charge in [0.1, 0.15) is 0 Å². The van der Waals surface area contributed by atoms with Crippen LogP contribution in [0.1, 0.15) is 17.9 Å². The summed E-state index contributed by atoms with van der Waals surface area (Å²) in [7, 11) is 1.87. The Bertz CT molecular complexity index is 407. The first-order valence-corrected chi connectivity index (χ1v) is 6.93. The topological polar surface area (TPSA) is 58.4 Å². The third-order valence-corrected chi connectivity index (χ3v) is 3.91. The number of likely N-dealkylation sites (tertiary alicyclic amines) is 1. The van der Waals surface area contributed by atoms with Crippen LogP contribution in [0, 0.1) is 5.92 Å². The van der Waals surface area contributed by atoms with Gasteiger partial charge in [0.05, 0.1) is 0 Å². The van der Waals surface area contributed by atoms with Crippen LogP contribution in [0.2, 0.25) is 0 Å². The van der Waals surface area contributed by atoms with E-state index in [1.54, 1.807) is 0 Å². The van der Waals surface area contributed by atoms with Gasteiger partial charge in [0.2, 0.25) is 5.91 Å². The lowest BCUT2D eigenvalue weighted by atomic mass is 9.89. The highest BCUT2D eigenvalue weighted by atomic mass is 16.2. The molecule has 1 heterocycles. The van der Waals surface area contributed by atoms with E-state index in [0.29, 0.717) is 24.8 Å². The van der Waals surface area contributed by atoms with Gasteiger partial charge in [0, 0.05) is 32.0 Å². The SMILES string of the molecule is CNCCC(=O)N1C[C@@H](CN)[C@H](c2ccccc2)C1. The lowest BCUT2D eigenvalue weighted by Gasteiger charge is -2.16. The molecule has 3 N–H and O–H groups in total. The fraction of sp³-hybridized carbons (Fsp3) is 0.533. The second-order valence-electron chi connectivity index (χ2n) is 5.17. The summed E-state index contributed by atoms with van der Waals surface area (Å²) in [6, 6.07) is 10.4. The number of hydrogen-bond acceptors (Lipinski definition) is 3. The van der Waals surface area contributed by atoms with Crippen LogP contribution in [-0.2, 0) is 4.79 Å². The maximum absolute atomic E-state index is 12.1. The molecule has 0 unspecified atom stereocenters.